The third kappa shape index (κ3) is 6.16. The Kier molecular flexibility index (Phi) is 7.52. The fraction of sp³-hybridized carbons (Fsp3) is 0.278. The van der Waals surface area contributed by atoms with Crippen molar-refractivity contribution in [3.8, 4) is 0 Å². The summed E-state index contributed by atoms with van der Waals surface area (Å²) in [7, 11) is 2.95. The number of carbonyl (C=O) groups is 3. The average Bonchev–Trinajstić information content (AvgIpc) is 3.04. The molecule has 1 heterocycles. The van der Waals surface area contributed by atoms with Crippen molar-refractivity contribution in [2.75, 3.05) is 37.9 Å². The second-order valence-electron chi connectivity index (χ2n) is 5.88. The minimum atomic E-state index is -0.502. The van der Waals surface area contributed by atoms with Gasteiger partial charge in [-0.1, -0.05) is 15.9 Å². The van der Waals surface area contributed by atoms with Crippen LogP contribution in [0.4, 0.5) is 11.4 Å². The van der Waals surface area contributed by atoms with E-state index in [0.717, 1.165) is 15.7 Å². The third-order valence-electron chi connectivity index (χ3n) is 3.60. The Balaban J connectivity index is 1.86. The number of halogens is 1. The fourth-order valence-corrected chi connectivity index (χ4v) is 3.59. The van der Waals surface area contributed by atoms with Crippen molar-refractivity contribution in [3.05, 3.63) is 44.6 Å². The summed E-state index contributed by atoms with van der Waals surface area (Å²) in [6, 6.07) is 7.21. The van der Waals surface area contributed by atoms with Gasteiger partial charge in [-0.25, -0.2) is 4.79 Å². The number of rotatable bonds is 7. The Bertz CT molecular complexity index is 853. The van der Waals surface area contributed by atoms with Crippen LogP contribution in [-0.2, 0) is 14.3 Å². The van der Waals surface area contributed by atoms with E-state index in [1.54, 1.807) is 23.4 Å². The molecule has 0 aliphatic carbocycles. The molecule has 2 rings (SSSR count). The quantitative estimate of drug-likeness (QED) is 0.628. The number of thiophene rings is 1. The summed E-state index contributed by atoms with van der Waals surface area (Å²) in [6.07, 6.45) is 0. The van der Waals surface area contributed by atoms with Crippen LogP contribution in [-0.4, -0.2) is 49.9 Å². The molecule has 9 heteroatoms. The lowest BCUT2D eigenvalue weighted by atomic mass is 10.2. The van der Waals surface area contributed by atoms with Gasteiger partial charge in [0.2, 0.25) is 11.8 Å². The lowest BCUT2D eigenvalue weighted by Gasteiger charge is -2.16. The van der Waals surface area contributed by atoms with E-state index < -0.39 is 5.97 Å². The molecule has 0 fully saturated rings. The van der Waals surface area contributed by atoms with Crippen LogP contribution in [0.15, 0.2) is 34.1 Å². The summed E-state index contributed by atoms with van der Waals surface area (Å²) in [5.74, 6) is -1.05. The van der Waals surface area contributed by atoms with Crippen molar-refractivity contribution in [3.63, 3.8) is 0 Å². The van der Waals surface area contributed by atoms with Crippen LogP contribution in [0, 0.1) is 6.92 Å². The van der Waals surface area contributed by atoms with E-state index in [2.05, 4.69) is 31.3 Å². The maximum Gasteiger partial charge on any atom is 0.350 e. The molecule has 0 saturated heterocycles. The minimum Gasteiger partial charge on any atom is -0.465 e. The highest BCUT2D eigenvalue weighted by Crippen LogP contribution is 2.23. The normalized spacial score (nSPS) is 10.6. The largest absolute Gasteiger partial charge is 0.465 e. The second-order valence-corrected chi connectivity index (χ2v) is 7.71. The molecule has 0 bridgehead atoms. The Hall–Kier alpha value is -2.23. The van der Waals surface area contributed by atoms with Gasteiger partial charge in [-0.15, -0.1) is 11.3 Å². The summed E-state index contributed by atoms with van der Waals surface area (Å²) in [5.41, 5.74) is 2.06. The summed E-state index contributed by atoms with van der Waals surface area (Å²) in [6.45, 7) is 1.96. The molecule has 0 aliphatic rings. The van der Waals surface area contributed by atoms with Crippen LogP contribution >= 0.6 is 27.3 Å². The maximum atomic E-state index is 12.2. The third-order valence-corrected chi connectivity index (χ3v) is 4.99. The van der Waals surface area contributed by atoms with E-state index in [-0.39, 0.29) is 24.9 Å². The number of likely N-dealkylation sites (N-methyl/N-ethyl adjacent to an activating group) is 1. The minimum absolute atomic E-state index is 0.00317. The number of aryl methyl sites for hydroxylation is 1. The molecule has 2 N–H and O–H groups in total. The number of esters is 1. The van der Waals surface area contributed by atoms with Gasteiger partial charge in [0.25, 0.3) is 0 Å². The summed E-state index contributed by atoms with van der Waals surface area (Å²) < 4.78 is 5.61. The molecule has 0 spiro atoms. The van der Waals surface area contributed by atoms with E-state index >= 15 is 0 Å². The zero-order valence-electron chi connectivity index (χ0n) is 15.2. The van der Waals surface area contributed by atoms with E-state index in [0.29, 0.717) is 10.6 Å². The van der Waals surface area contributed by atoms with E-state index in [1.165, 1.54) is 18.4 Å². The van der Waals surface area contributed by atoms with Crippen LogP contribution in [0.25, 0.3) is 0 Å². The average molecular weight is 454 g/mol. The van der Waals surface area contributed by atoms with Crippen molar-refractivity contribution in [1.29, 1.82) is 0 Å². The van der Waals surface area contributed by atoms with Crippen LogP contribution in [0.5, 0.6) is 0 Å². The standard InChI is InChI=1S/C18H20BrN3O4S/c1-11-8-12(19)4-5-13(11)20-15(23)9-22(2)10-16(24)21-14-6-7-27-17(14)18(25)26-3/h4-8H,9-10H2,1-3H3,(H,20,23)(H,21,24). The first-order valence-electron chi connectivity index (χ1n) is 8.00. The number of hydrogen-bond acceptors (Lipinski definition) is 6. The molecule has 2 aromatic rings. The van der Waals surface area contributed by atoms with Gasteiger partial charge in [0.05, 0.1) is 25.9 Å². The Labute approximate surface area is 169 Å². The molecule has 0 atom stereocenters. The number of methoxy groups -OCH3 is 1. The number of ether oxygens (including phenoxy) is 1. The van der Waals surface area contributed by atoms with E-state index in [4.69, 9.17) is 0 Å². The van der Waals surface area contributed by atoms with Crippen molar-refractivity contribution >= 4 is 56.4 Å². The van der Waals surface area contributed by atoms with Crippen molar-refractivity contribution in [2.45, 2.75) is 6.92 Å². The van der Waals surface area contributed by atoms with Gasteiger partial charge in [-0.05, 0) is 49.2 Å². The predicted molar refractivity (Wildman–Crippen MR) is 109 cm³/mol. The molecule has 27 heavy (non-hydrogen) atoms. The molecule has 0 aliphatic heterocycles. The van der Waals surface area contributed by atoms with Crippen LogP contribution in [0.1, 0.15) is 15.2 Å². The zero-order chi connectivity index (χ0) is 20.0. The zero-order valence-corrected chi connectivity index (χ0v) is 17.6. The first-order valence-corrected chi connectivity index (χ1v) is 9.67. The molecular weight excluding hydrogens is 434 g/mol. The van der Waals surface area contributed by atoms with Gasteiger partial charge in [-0.2, -0.15) is 0 Å². The first kappa shape index (κ1) is 21.1. The highest BCUT2D eigenvalue weighted by Gasteiger charge is 2.17. The van der Waals surface area contributed by atoms with E-state index in [1.807, 2.05) is 25.1 Å². The fourth-order valence-electron chi connectivity index (χ4n) is 2.35. The summed E-state index contributed by atoms with van der Waals surface area (Å²) in [4.78, 5) is 37.9. The van der Waals surface area contributed by atoms with Gasteiger partial charge < -0.3 is 15.4 Å². The molecule has 0 radical (unpaired) electrons. The number of carbonyl (C=O) groups excluding carboxylic acids is 3. The van der Waals surface area contributed by atoms with Crippen molar-refractivity contribution in [1.82, 2.24) is 4.90 Å². The van der Waals surface area contributed by atoms with Gasteiger partial charge in [0, 0.05) is 10.2 Å². The smallest absolute Gasteiger partial charge is 0.350 e. The molecular formula is C18H20BrN3O4S. The van der Waals surface area contributed by atoms with Gasteiger partial charge >= 0.3 is 5.97 Å². The number of nitrogens with zero attached hydrogens (tertiary/aromatic N) is 1. The summed E-state index contributed by atoms with van der Waals surface area (Å²) in [5, 5.41) is 7.19. The number of amides is 2. The molecule has 1 aromatic heterocycles. The van der Waals surface area contributed by atoms with Crippen LogP contribution < -0.4 is 10.6 Å². The van der Waals surface area contributed by atoms with Gasteiger partial charge in [0.1, 0.15) is 4.88 Å². The van der Waals surface area contributed by atoms with Crippen LogP contribution in [0.3, 0.4) is 0 Å². The molecule has 7 nitrogen and oxygen atoms in total. The number of hydrogen-bond donors (Lipinski definition) is 2. The Morgan fingerprint density at radius 1 is 1.11 bits per heavy atom. The predicted octanol–water partition coefficient (Wildman–Crippen LogP) is 3.11. The monoisotopic (exact) mass is 453 g/mol. The van der Waals surface area contributed by atoms with Gasteiger partial charge in [-0.3, -0.25) is 14.5 Å². The highest BCUT2D eigenvalue weighted by molar-refractivity contribution is 9.10. The number of anilines is 2. The molecule has 144 valence electrons. The molecule has 1 aromatic carbocycles. The van der Waals surface area contributed by atoms with Crippen molar-refractivity contribution < 1.29 is 19.1 Å². The lowest BCUT2D eigenvalue weighted by Crippen LogP contribution is -2.36. The molecule has 0 unspecified atom stereocenters. The highest BCUT2D eigenvalue weighted by atomic mass is 79.9. The Morgan fingerprint density at radius 3 is 2.33 bits per heavy atom. The first-order chi connectivity index (χ1) is 12.8. The lowest BCUT2D eigenvalue weighted by molar-refractivity contribution is -0.119. The number of nitrogens with one attached hydrogen (secondary N) is 2. The maximum absolute atomic E-state index is 12.2. The second kappa shape index (κ2) is 9.63. The molecule has 0 saturated carbocycles. The topological polar surface area (TPSA) is 87.7 Å². The molecule has 2 amide bonds. The van der Waals surface area contributed by atoms with Gasteiger partial charge in [0.15, 0.2) is 0 Å². The van der Waals surface area contributed by atoms with Crippen LogP contribution in [0.2, 0.25) is 0 Å². The SMILES string of the molecule is COC(=O)c1sccc1NC(=O)CN(C)CC(=O)Nc1ccc(Br)cc1C. The van der Waals surface area contributed by atoms with E-state index in [9.17, 15) is 14.4 Å². The van der Waals surface area contributed by atoms with Crippen molar-refractivity contribution in [2.24, 2.45) is 0 Å². The Morgan fingerprint density at radius 2 is 1.74 bits per heavy atom. The summed E-state index contributed by atoms with van der Waals surface area (Å²) >= 11 is 4.57. The number of benzene rings is 1.